The zero-order chi connectivity index (χ0) is 15.6. The molecule has 1 aromatic rings. The maximum Gasteiger partial charge on any atom is 0.243 e. The molecule has 1 saturated heterocycles. The van der Waals surface area contributed by atoms with Gasteiger partial charge in [-0.2, -0.15) is 4.31 Å². The van der Waals surface area contributed by atoms with Gasteiger partial charge in [0.05, 0.1) is 10.9 Å². The van der Waals surface area contributed by atoms with Crippen LogP contribution < -0.4 is 0 Å². The molecular weight excluding hydrogens is 296 g/mol. The first-order chi connectivity index (χ1) is 9.82. The van der Waals surface area contributed by atoms with Crippen LogP contribution in [-0.2, 0) is 10.0 Å². The first-order valence-corrected chi connectivity index (χ1v) is 8.15. The highest BCUT2D eigenvalue weighted by Gasteiger charge is 2.40. The van der Waals surface area contributed by atoms with E-state index in [9.17, 15) is 23.6 Å². The van der Waals surface area contributed by atoms with Crippen molar-refractivity contribution < 1.29 is 18.4 Å². The fourth-order valence-electron chi connectivity index (χ4n) is 2.57. The smallest absolute Gasteiger partial charge is 0.243 e. The second-order valence-corrected chi connectivity index (χ2v) is 7.11. The summed E-state index contributed by atoms with van der Waals surface area (Å²) >= 11 is 0. The minimum atomic E-state index is -3.73. The van der Waals surface area contributed by atoms with Crippen molar-refractivity contribution in [3.05, 3.63) is 39.9 Å². The summed E-state index contributed by atoms with van der Waals surface area (Å²) in [6.07, 6.45) is -0.271. The number of hydrogen-bond donors (Lipinski definition) is 1. The molecule has 0 bridgehead atoms. The molecule has 1 aliphatic heterocycles. The van der Waals surface area contributed by atoms with Gasteiger partial charge in [0.2, 0.25) is 16.6 Å². The Morgan fingerprint density at radius 2 is 2.05 bits per heavy atom. The van der Waals surface area contributed by atoms with Gasteiger partial charge in [-0.3, -0.25) is 10.1 Å². The maximum absolute atomic E-state index is 12.6. The van der Waals surface area contributed by atoms with Crippen molar-refractivity contribution in [2.45, 2.75) is 36.8 Å². The number of aliphatic hydroxyl groups is 1. The molecule has 116 valence electrons. The molecule has 0 aromatic heterocycles. The minimum absolute atomic E-state index is 0.147. The number of nitrogens with zero attached hydrogens (tertiary/aromatic N) is 2. The largest absolute Gasteiger partial charge is 0.385 e. The Morgan fingerprint density at radius 3 is 2.62 bits per heavy atom. The van der Waals surface area contributed by atoms with Gasteiger partial charge in [-0.05, 0) is 31.9 Å². The molecule has 7 nitrogen and oxygen atoms in total. The summed E-state index contributed by atoms with van der Waals surface area (Å²) in [6, 6.07) is 5.69. The normalized spacial score (nSPS) is 21.3. The van der Waals surface area contributed by atoms with Crippen molar-refractivity contribution in [2.75, 3.05) is 13.1 Å². The molecule has 0 amide bonds. The predicted molar refractivity (Wildman–Crippen MR) is 76.0 cm³/mol. The van der Waals surface area contributed by atoms with E-state index >= 15 is 0 Å². The lowest BCUT2D eigenvalue weighted by atomic mass is 10.1. The highest BCUT2D eigenvalue weighted by atomic mass is 32.2. The summed E-state index contributed by atoms with van der Waals surface area (Å²) in [5.41, 5.74) is 0.945. The van der Waals surface area contributed by atoms with Crippen LogP contribution in [0.4, 0.5) is 0 Å². The van der Waals surface area contributed by atoms with Gasteiger partial charge in [-0.1, -0.05) is 17.7 Å². The summed E-state index contributed by atoms with van der Waals surface area (Å²) in [6.45, 7) is 1.48. The summed E-state index contributed by atoms with van der Waals surface area (Å²) in [7, 11) is -3.73. The number of aryl methyl sites for hydroxylation is 1. The fourth-order valence-corrected chi connectivity index (χ4v) is 4.29. The van der Waals surface area contributed by atoms with Gasteiger partial charge in [-0.15, -0.1) is 0 Å². The summed E-state index contributed by atoms with van der Waals surface area (Å²) in [5, 5.41) is 20.4. The molecule has 1 aliphatic rings. The lowest BCUT2D eigenvalue weighted by Gasteiger charge is -2.26. The lowest BCUT2D eigenvalue weighted by molar-refractivity contribution is -0.491. The SMILES string of the molecule is Cc1ccc(S(=O)(=O)N2CCC[C@H]2[C@H](O)C[N+](=O)[O-])cc1. The quantitative estimate of drug-likeness (QED) is 0.639. The van der Waals surface area contributed by atoms with E-state index in [0.717, 1.165) is 5.56 Å². The van der Waals surface area contributed by atoms with Crippen LogP contribution in [0, 0.1) is 17.0 Å². The molecule has 21 heavy (non-hydrogen) atoms. The van der Waals surface area contributed by atoms with Crippen LogP contribution in [0.2, 0.25) is 0 Å². The van der Waals surface area contributed by atoms with Gasteiger partial charge in [0.15, 0.2) is 0 Å². The van der Waals surface area contributed by atoms with Crippen LogP contribution in [0.15, 0.2) is 29.2 Å². The Labute approximate surface area is 123 Å². The van der Waals surface area contributed by atoms with E-state index in [-0.39, 0.29) is 11.4 Å². The zero-order valence-electron chi connectivity index (χ0n) is 11.7. The maximum atomic E-state index is 12.6. The minimum Gasteiger partial charge on any atom is -0.385 e. The Bertz CT molecular complexity index is 614. The van der Waals surface area contributed by atoms with Crippen molar-refractivity contribution in [2.24, 2.45) is 0 Å². The van der Waals surface area contributed by atoms with Gasteiger partial charge in [-0.25, -0.2) is 8.42 Å². The van der Waals surface area contributed by atoms with E-state index in [0.29, 0.717) is 12.8 Å². The molecule has 0 unspecified atom stereocenters. The summed E-state index contributed by atoms with van der Waals surface area (Å²) in [4.78, 5) is 10.0. The second kappa shape index (κ2) is 6.08. The number of benzene rings is 1. The van der Waals surface area contributed by atoms with E-state index in [1.54, 1.807) is 12.1 Å². The van der Waals surface area contributed by atoms with Gasteiger partial charge >= 0.3 is 0 Å². The summed E-state index contributed by atoms with van der Waals surface area (Å²) in [5.74, 6) is 0. The van der Waals surface area contributed by atoms with Crippen molar-refractivity contribution >= 4 is 10.0 Å². The van der Waals surface area contributed by atoms with Crippen LogP contribution in [-0.4, -0.2) is 48.0 Å². The van der Waals surface area contributed by atoms with Crippen LogP contribution in [0.25, 0.3) is 0 Å². The average molecular weight is 314 g/mol. The van der Waals surface area contributed by atoms with Gasteiger partial charge < -0.3 is 5.11 Å². The summed E-state index contributed by atoms with van der Waals surface area (Å²) < 4.78 is 26.4. The Hall–Kier alpha value is -1.51. The van der Waals surface area contributed by atoms with E-state index in [2.05, 4.69) is 0 Å². The van der Waals surface area contributed by atoms with E-state index in [1.165, 1.54) is 16.4 Å². The van der Waals surface area contributed by atoms with Crippen molar-refractivity contribution in [3.63, 3.8) is 0 Å². The first-order valence-electron chi connectivity index (χ1n) is 6.71. The number of rotatable bonds is 5. The molecule has 2 atom stereocenters. The molecule has 0 aliphatic carbocycles. The van der Waals surface area contributed by atoms with Crippen LogP contribution >= 0.6 is 0 Å². The molecule has 8 heteroatoms. The highest BCUT2D eigenvalue weighted by Crippen LogP contribution is 2.28. The number of hydrogen-bond acceptors (Lipinski definition) is 5. The Balaban J connectivity index is 2.26. The molecular formula is C13H18N2O5S. The second-order valence-electron chi connectivity index (χ2n) is 5.22. The molecule has 1 N–H and O–H groups in total. The third-order valence-electron chi connectivity index (χ3n) is 3.66. The molecule has 0 radical (unpaired) electrons. The lowest BCUT2D eigenvalue weighted by Crippen LogP contribution is -2.45. The Morgan fingerprint density at radius 1 is 1.43 bits per heavy atom. The molecule has 1 aromatic carbocycles. The van der Waals surface area contributed by atoms with E-state index in [1.807, 2.05) is 6.92 Å². The third-order valence-corrected chi connectivity index (χ3v) is 5.59. The first kappa shape index (κ1) is 15.9. The van der Waals surface area contributed by atoms with Gasteiger partial charge in [0.25, 0.3) is 0 Å². The number of nitro groups is 1. The van der Waals surface area contributed by atoms with E-state index < -0.39 is 33.6 Å². The fraction of sp³-hybridized carbons (Fsp3) is 0.538. The zero-order valence-corrected chi connectivity index (χ0v) is 12.5. The molecule has 0 saturated carbocycles. The van der Waals surface area contributed by atoms with Crippen molar-refractivity contribution in [3.8, 4) is 0 Å². The van der Waals surface area contributed by atoms with Gasteiger partial charge in [0, 0.05) is 11.5 Å². The van der Waals surface area contributed by atoms with Crippen LogP contribution in [0.5, 0.6) is 0 Å². The molecule has 0 spiro atoms. The van der Waals surface area contributed by atoms with Gasteiger partial charge in [0.1, 0.15) is 6.10 Å². The Kier molecular flexibility index (Phi) is 4.60. The highest BCUT2D eigenvalue weighted by molar-refractivity contribution is 7.89. The predicted octanol–water partition coefficient (Wildman–Crippen LogP) is 0.786. The average Bonchev–Trinajstić information content (AvgIpc) is 2.88. The number of sulfonamides is 1. The van der Waals surface area contributed by atoms with E-state index in [4.69, 9.17) is 0 Å². The van der Waals surface area contributed by atoms with Crippen LogP contribution in [0.3, 0.4) is 0 Å². The van der Waals surface area contributed by atoms with Crippen LogP contribution in [0.1, 0.15) is 18.4 Å². The number of aliphatic hydroxyl groups excluding tert-OH is 1. The molecule has 1 fully saturated rings. The topological polar surface area (TPSA) is 101 Å². The monoisotopic (exact) mass is 314 g/mol. The third kappa shape index (κ3) is 3.39. The molecule has 1 heterocycles. The van der Waals surface area contributed by atoms with Crippen molar-refractivity contribution in [1.29, 1.82) is 0 Å². The standard InChI is InChI=1S/C13H18N2O5S/c1-10-4-6-11(7-5-10)21(19,20)14-8-2-3-12(14)13(16)9-15(17)18/h4-7,12-13,16H,2-3,8-9H2,1H3/t12-,13+/m0/s1. The van der Waals surface area contributed by atoms with Crippen molar-refractivity contribution in [1.82, 2.24) is 4.31 Å². The molecule has 2 rings (SSSR count).